The molecule has 1 rings (SSSR count). The molecule has 0 spiro atoms. The largest absolute Gasteiger partial charge is 0.276 e. The predicted molar refractivity (Wildman–Crippen MR) is 91.0 cm³/mol. The van der Waals surface area contributed by atoms with E-state index in [4.69, 9.17) is 11.6 Å². The van der Waals surface area contributed by atoms with E-state index >= 15 is 0 Å². The highest BCUT2D eigenvalue weighted by Gasteiger charge is 2.16. The number of carbonyl (C=O) groups is 3. The Labute approximate surface area is 143 Å². The van der Waals surface area contributed by atoms with Gasteiger partial charge in [-0.05, 0) is 29.8 Å². The van der Waals surface area contributed by atoms with E-state index in [1.165, 1.54) is 32.2 Å². The topological polar surface area (TPSA) is 57.7 Å². The van der Waals surface area contributed by atoms with Gasteiger partial charge in [0.1, 0.15) is 0 Å². The molecule has 1 aromatic carbocycles. The summed E-state index contributed by atoms with van der Waals surface area (Å²) in [4.78, 5) is 34.0. The van der Waals surface area contributed by atoms with Gasteiger partial charge in [0.05, 0.1) is 57.1 Å². The molecule has 5 nitrogen and oxygen atoms in total. The summed E-state index contributed by atoms with van der Waals surface area (Å²) in [6, 6.07) is 4.62. The van der Waals surface area contributed by atoms with Gasteiger partial charge in [0.2, 0.25) is 11.8 Å². The molecule has 1 aromatic rings. The first-order valence-corrected chi connectivity index (χ1v) is 7.32. The predicted octanol–water partition coefficient (Wildman–Crippen LogP) is 3.47. The van der Waals surface area contributed by atoms with Crippen LogP contribution in [0.15, 0.2) is 18.2 Å². The molecule has 0 aliphatic heterocycles. The highest BCUT2D eigenvalue weighted by Crippen LogP contribution is 2.30. The number of nitrogens with zero attached hydrogens (tertiary/aromatic N) is 2. The third-order valence-corrected chi connectivity index (χ3v) is 4.83. The molecule has 0 unspecified atom stereocenters. The lowest BCUT2D eigenvalue weighted by molar-refractivity contribution is -0.115. The van der Waals surface area contributed by atoms with Gasteiger partial charge in [0.25, 0.3) is 5.24 Å². The fraction of sp³-hybridized carbons (Fsp3) is 0.182. The van der Waals surface area contributed by atoms with E-state index in [0.717, 1.165) is 0 Å². The van der Waals surface area contributed by atoms with Crippen molar-refractivity contribution in [2.75, 3.05) is 6.23 Å². The zero-order valence-electron chi connectivity index (χ0n) is 9.99. The Morgan fingerprint density at radius 1 is 0.947 bits per heavy atom. The van der Waals surface area contributed by atoms with Crippen molar-refractivity contribution in [2.24, 2.45) is 0 Å². The Morgan fingerprint density at radius 2 is 1.32 bits per heavy atom. The van der Waals surface area contributed by atoms with Gasteiger partial charge in [-0.1, -0.05) is 0 Å². The summed E-state index contributed by atoms with van der Waals surface area (Å²) in [5.74, 6) is -0.401. The maximum atomic E-state index is 11.4. The van der Waals surface area contributed by atoms with Gasteiger partial charge >= 0.3 is 0 Å². The Bertz CT molecular complexity index is 512. The lowest BCUT2D eigenvalue weighted by atomic mass is 10.2. The number of hydrogen-bond donors (Lipinski definition) is 0. The molecule has 19 heavy (non-hydrogen) atoms. The molecule has 0 saturated carbocycles. The molecule has 102 valence electrons. The number of hydrogen-bond acceptors (Lipinski definition) is 3. The number of anilines is 2. The van der Waals surface area contributed by atoms with Crippen LogP contribution in [0.4, 0.5) is 11.4 Å². The number of rotatable bonds is 3. The molecule has 0 aromatic heterocycles. The van der Waals surface area contributed by atoms with Crippen LogP contribution in [-0.4, -0.2) is 17.1 Å². The highest BCUT2D eigenvalue weighted by atomic mass is 127. The van der Waals surface area contributed by atoms with Crippen molar-refractivity contribution >= 4 is 85.8 Å². The molecule has 0 fully saturated rings. The Kier molecular flexibility index (Phi) is 5.99. The van der Waals surface area contributed by atoms with E-state index < -0.39 is 5.24 Å². The van der Waals surface area contributed by atoms with Crippen LogP contribution in [0, 0.1) is 0 Å². The fourth-order valence-corrected chi connectivity index (χ4v) is 1.97. The maximum Gasteiger partial charge on any atom is 0.252 e. The van der Waals surface area contributed by atoms with Gasteiger partial charge in [-0.2, -0.15) is 0 Å². The van der Waals surface area contributed by atoms with Crippen LogP contribution in [0.1, 0.15) is 24.2 Å². The first kappa shape index (κ1) is 16.6. The van der Waals surface area contributed by atoms with Crippen molar-refractivity contribution in [1.82, 2.24) is 0 Å². The monoisotopic (exact) mass is 506 g/mol. The Balaban J connectivity index is 3.37. The van der Waals surface area contributed by atoms with Gasteiger partial charge < -0.3 is 0 Å². The van der Waals surface area contributed by atoms with Crippen molar-refractivity contribution < 1.29 is 14.4 Å². The first-order chi connectivity index (χ1) is 8.73. The van der Waals surface area contributed by atoms with E-state index in [-0.39, 0.29) is 17.4 Å². The Morgan fingerprint density at radius 3 is 1.58 bits per heavy atom. The third kappa shape index (κ3) is 4.28. The molecule has 0 N–H and O–H groups in total. The van der Waals surface area contributed by atoms with E-state index in [1.807, 2.05) is 45.7 Å². The van der Waals surface area contributed by atoms with Gasteiger partial charge in [-0.15, -0.1) is 0 Å². The summed E-state index contributed by atoms with van der Waals surface area (Å²) in [6.45, 7) is 2.79. The molecule has 0 bridgehead atoms. The summed E-state index contributed by atoms with van der Waals surface area (Å²) in [6.07, 6.45) is 0. The summed E-state index contributed by atoms with van der Waals surface area (Å²) in [7, 11) is 0. The van der Waals surface area contributed by atoms with Gasteiger partial charge in [-0.3, -0.25) is 20.6 Å². The lowest BCUT2D eigenvalue weighted by Gasteiger charge is -2.18. The second-order valence-corrected chi connectivity index (χ2v) is 5.88. The number of benzene rings is 1. The van der Waals surface area contributed by atoms with Crippen molar-refractivity contribution in [3.8, 4) is 0 Å². The zero-order chi connectivity index (χ0) is 14.7. The molecular formula is C11H9ClI2N2O3. The molecule has 0 radical (unpaired) electrons. The van der Waals surface area contributed by atoms with Gasteiger partial charge in [-0.25, -0.2) is 0 Å². The lowest BCUT2D eigenvalue weighted by Crippen LogP contribution is -2.19. The van der Waals surface area contributed by atoms with Crippen LogP contribution in [0.25, 0.3) is 0 Å². The van der Waals surface area contributed by atoms with Crippen molar-refractivity contribution in [1.29, 1.82) is 0 Å². The van der Waals surface area contributed by atoms with Crippen LogP contribution in [0.5, 0.6) is 0 Å². The zero-order valence-corrected chi connectivity index (χ0v) is 15.1. The fourth-order valence-electron chi connectivity index (χ4n) is 1.30. The van der Waals surface area contributed by atoms with Crippen LogP contribution < -0.4 is 6.23 Å². The van der Waals surface area contributed by atoms with Gasteiger partial charge in [0.15, 0.2) is 0 Å². The standard InChI is InChI=1S/C11H9ClI2N2O3/c1-6(17)15(13)9-3-8(11(12)19)4-10(5-9)16(14)7(2)18/h3-5H,1-2H3. The molecule has 2 amide bonds. The second-order valence-electron chi connectivity index (χ2n) is 3.61. The summed E-state index contributed by atoms with van der Waals surface area (Å²) in [5.41, 5.74) is 1.19. The molecule has 0 heterocycles. The summed E-state index contributed by atoms with van der Waals surface area (Å²) < 4.78 is 2.68. The second kappa shape index (κ2) is 6.84. The maximum absolute atomic E-state index is 11.4. The van der Waals surface area contributed by atoms with Crippen molar-refractivity contribution in [2.45, 2.75) is 13.8 Å². The average molecular weight is 506 g/mol. The molecule has 0 saturated heterocycles. The minimum Gasteiger partial charge on any atom is -0.276 e. The van der Waals surface area contributed by atoms with E-state index in [2.05, 4.69) is 0 Å². The third-order valence-electron chi connectivity index (χ3n) is 2.14. The normalized spacial score (nSPS) is 9.95. The first-order valence-electron chi connectivity index (χ1n) is 5.02. The SMILES string of the molecule is CC(=O)N(I)c1cc(C(=O)Cl)cc(N(I)C(C)=O)c1. The van der Waals surface area contributed by atoms with E-state index in [0.29, 0.717) is 11.4 Å². The van der Waals surface area contributed by atoms with Crippen LogP contribution >= 0.6 is 57.3 Å². The molecular weight excluding hydrogens is 497 g/mol. The van der Waals surface area contributed by atoms with Crippen LogP contribution in [0.2, 0.25) is 0 Å². The van der Waals surface area contributed by atoms with Crippen molar-refractivity contribution in [3.05, 3.63) is 23.8 Å². The van der Waals surface area contributed by atoms with E-state index in [9.17, 15) is 14.4 Å². The molecule has 0 aliphatic carbocycles. The minimum atomic E-state index is -0.648. The highest BCUT2D eigenvalue weighted by molar-refractivity contribution is 14.1. The average Bonchev–Trinajstić information content (AvgIpc) is 2.35. The number of halogens is 3. The van der Waals surface area contributed by atoms with Gasteiger partial charge in [0, 0.05) is 19.4 Å². The smallest absolute Gasteiger partial charge is 0.252 e. The molecule has 0 atom stereocenters. The number of carbonyl (C=O) groups excluding carboxylic acids is 3. The number of amides is 2. The van der Waals surface area contributed by atoms with Crippen LogP contribution in [0.3, 0.4) is 0 Å². The summed E-state index contributed by atoms with van der Waals surface area (Å²) in [5, 5.41) is -0.648. The minimum absolute atomic E-state index is 0.200. The quantitative estimate of drug-likeness (QED) is 0.359. The van der Waals surface area contributed by atoms with Crippen LogP contribution in [-0.2, 0) is 9.59 Å². The molecule has 0 aliphatic rings. The Hall–Kier alpha value is -0.420. The molecule has 8 heteroatoms. The van der Waals surface area contributed by atoms with E-state index in [1.54, 1.807) is 6.07 Å². The van der Waals surface area contributed by atoms with Crippen molar-refractivity contribution in [3.63, 3.8) is 0 Å². The summed E-state index contributed by atoms with van der Waals surface area (Å²) >= 11 is 9.10.